The zero-order valence-electron chi connectivity index (χ0n) is 16.7. The van der Waals surface area contributed by atoms with E-state index in [0.29, 0.717) is 23.3 Å². The van der Waals surface area contributed by atoms with E-state index in [9.17, 15) is 0 Å². The Morgan fingerprint density at radius 2 is 2.14 bits per heavy atom. The van der Waals surface area contributed by atoms with E-state index in [-0.39, 0.29) is 24.0 Å². The Hall–Kier alpha value is -1.39. The highest BCUT2D eigenvalue weighted by Gasteiger charge is 2.27. The van der Waals surface area contributed by atoms with Crippen molar-refractivity contribution in [1.82, 2.24) is 25.3 Å². The molecule has 4 rings (SSSR count). The molecule has 7 nitrogen and oxygen atoms in total. The van der Waals surface area contributed by atoms with Crippen molar-refractivity contribution in [3.63, 3.8) is 0 Å². The fraction of sp³-hybridized carbons (Fsp3) is 0.550. The molecule has 2 aromatic rings. The van der Waals surface area contributed by atoms with Crippen molar-refractivity contribution in [2.75, 3.05) is 39.8 Å². The van der Waals surface area contributed by atoms with E-state index >= 15 is 0 Å². The number of rotatable bonds is 5. The minimum Gasteiger partial charge on any atom is -0.347 e. The van der Waals surface area contributed by atoms with Crippen molar-refractivity contribution in [1.29, 1.82) is 0 Å². The van der Waals surface area contributed by atoms with Gasteiger partial charge in [-0.25, -0.2) is 0 Å². The summed E-state index contributed by atoms with van der Waals surface area (Å²) in [4.78, 5) is 13.8. The molecule has 0 spiro atoms. The molecule has 0 amide bonds. The lowest BCUT2D eigenvalue weighted by Crippen LogP contribution is -2.40. The molecule has 158 valence electrons. The average molecular weight is 531 g/mol. The van der Waals surface area contributed by atoms with Crippen LogP contribution in [-0.4, -0.2) is 65.7 Å². The van der Waals surface area contributed by atoms with Crippen molar-refractivity contribution in [3.8, 4) is 11.4 Å². The van der Waals surface area contributed by atoms with Crippen molar-refractivity contribution in [2.45, 2.75) is 25.8 Å². The summed E-state index contributed by atoms with van der Waals surface area (Å²) in [6.45, 7) is 6.27. The van der Waals surface area contributed by atoms with Crippen LogP contribution in [0, 0.1) is 5.92 Å². The number of nitrogens with one attached hydrogen (secondary N) is 1. The first-order valence-corrected chi connectivity index (χ1v) is 10.4. The van der Waals surface area contributed by atoms with Gasteiger partial charge < -0.3 is 19.6 Å². The molecule has 1 atom stereocenters. The number of hydrogen-bond donors (Lipinski definition) is 1. The van der Waals surface area contributed by atoms with Gasteiger partial charge in [0, 0.05) is 37.3 Å². The lowest BCUT2D eigenvalue weighted by Gasteiger charge is -2.23. The van der Waals surface area contributed by atoms with Gasteiger partial charge in [-0.2, -0.15) is 4.98 Å². The Kier molecular flexibility index (Phi) is 8.14. The molecule has 0 saturated carbocycles. The number of guanidine groups is 1. The highest BCUT2D eigenvalue weighted by atomic mass is 127. The summed E-state index contributed by atoms with van der Waals surface area (Å²) in [5, 5.41) is 8.07. The van der Waals surface area contributed by atoms with Crippen LogP contribution in [0.15, 0.2) is 33.8 Å². The number of likely N-dealkylation sites (tertiary alicyclic amines) is 2. The lowest BCUT2D eigenvalue weighted by molar-refractivity contribution is 0.281. The first kappa shape index (κ1) is 22.3. The molecule has 0 bridgehead atoms. The Labute approximate surface area is 193 Å². The highest BCUT2D eigenvalue weighted by molar-refractivity contribution is 14.0. The van der Waals surface area contributed by atoms with Crippen LogP contribution in [0.4, 0.5) is 0 Å². The summed E-state index contributed by atoms with van der Waals surface area (Å²) in [6, 6.07) is 7.44. The van der Waals surface area contributed by atoms with Gasteiger partial charge in [0.1, 0.15) is 0 Å². The molecule has 2 saturated heterocycles. The molecule has 1 unspecified atom stereocenters. The fourth-order valence-corrected chi connectivity index (χ4v) is 4.25. The van der Waals surface area contributed by atoms with Crippen LogP contribution < -0.4 is 5.32 Å². The van der Waals surface area contributed by atoms with Crippen LogP contribution in [0.25, 0.3) is 11.4 Å². The van der Waals surface area contributed by atoms with Crippen molar-refractivity contribution in [2.24, 2.45) is 10.9 Å². The maximum atomic E-state index is 6.04. The Balaban J connectivity index is 0.00000240. The van der Waals surface area contributed by atoms with Gasteiger partial charge in [-0.15, -0.1) is 24.0 Å². The molecule has 1 aromatic carbocycles. The third-order valence-corrected chi connectivity index (χ3v) is 5.70. The Morgan fingerprint density at radius 3 is 2.90 bits per heavy atom. The summed E-state index contributed by atoms with van der Waals surface area (Å²) < 4.78 is 5.38. The zero-order chi connectivity index (χ0) is 19.3. The van der Waals surface area contributed by atoms with Crippen LogP contribution in [0.5, 0.6) is 0 Å². The molecular weight excluding hydrogens is 503 g/mol. The summed E-state index contributed by atoms with van der Waals surface area (Å²) in [5.41, 5.74) is 0.844. The number of aliphatic imine (C=N–C) groups is 1. The molecule has 3 heterocycles. The molecule has 2 aliphatic rings. The highest BCUT2D eigenvalue weighted by Crippen LogP contribution is 2.21. The number of hydrogen-bond acceptors (Lipinski definition) is 5. The number of benzene rings is 1. The standard InChI is InChI=1S/C20H27ClN6O.HI/c1-22-20(27-10-7-15(14-27)13-26-8-2-3-9-26)23-12-18-24-19(25-28-18)16-5-4-6-17(21)11-16;/h4-6,11,15H,2-3,7-10,12-14H2,1H3,(H,22,23);1H. The molecule has 0 radical (unpaired) electrons. The second-order valence-corrected chi connectivity index (χ2v) is 7.97. The largest absolute Gasteiger partial charge is 0.347 e. The molecule has 2 aliphatic heterocycles. The minimum absolute atomic E-state index is 0. The molecular formula is C20H28ClIN6O. The smallest absolute Gasteiger partial charge is 0.246 e. The SMILES string of the molecule is CN=C(NCc1nc(-c2cccc(Cl)c2)no1)N1CCC(CN2CCCC2)C1.I. The van der Waals surface area contributed by atoms with Gasteiger partial charge in [0.15, 0.2) is 5.96 Å². The quantitative estimate of drug-likeness (QED) is 0.363. The number of nitrogens with zero attached hydrogens (tertiary/aromatic N) is 5. The van der Waals surface area contributed by atoms with Gasteiger partial charge in [0.05, 0.1) is 6.54 Å². The summed E-state index contributed by atoms with van der Waals surface area (Å²) in [5.74, 6) is 2.69. The molecule has 2 fully saturated rings. The van der Waals surface area contributed by atoms with Crippen molar-refractivity contribution < 1.29 is 4.52 Å². The zero-order valence-corrected chi connectivity index (χ0v) is 19.8. The van der Waals surface area contributed by atoms with E-state index in [4.69, 9.17) is 16.1 Å². The average Bonchev–Trinajstić information content (AvgIpc) is 3.45. The lowest BCUT2D eigenvalue weighted by atomic mass is 10.1. The second kappa shape index (κ2) is 10.6. The first-order valence-electron chi connectivity index (χ1n) is 9.98. The third kappa shape index (κ3) is 5.82. The van der Waals surface area contributed by atoms with Gasteiger partial charge in [-0.3, -0.25) is 4.99 Å². The minimum atomic E-state index is 0. The van der Waals surface area contributed by atoms with Crippen LogP contribution in [0.2, 0.25) is 5.02 Å². The Bertz CT molecular complexity index is 823. The molecule has 1 aromatic heterocycles. The summed E-state index contributed by atoms with van der Waals surface area (Å²) in [7, 11) is 1.82. The van der Waals surface area contributed by atoms with Gasteiger partial charge in [0.25, 0.3) is 0 Å². The monoisotopic (exact) mass is 530 g/mol. The van der Waals surface area contributed by atoms with E-state index in [1.165, 1.54) is 38.9 Å². The predicted molar refractivity (Wildman–Crippen MR) is 126 cm³/mol. The maximum Gasteiger partial charge on any atom is 0.246 e. The van der Waals surface area contributed by atoms with Gasteiger partial charge in [-0.05, 0) is 50.4 Å². The maximum absolute atomic E-state index is 6.04. The fourth-order valence-electron chi connectivity index (χ4n) is 4.06. The van der Waals surface area contributed by atoms with Gasteiger partial charge >= 0.3 is 0 Å². The summed E-state index contributed by atoms with van der Waals surface area (Å²) >= 11 is 6.04. The summed E-state index contributed by atoms with van der Waals surface area (Å²) in [6.07, 6.45) is 3.92. The van der Waals surface area contributed by atoms with E-state index in [1.807, 2.05) is 31.3 Å². The third-order valence-electron chi connectivity index (χ3n) is 5.46. The first-order chi connectivity index (χ1) is 13.7. The molecule has 29 heavy (non-hydrogen) atoms. The van der Waals surface area contributed by atoms with Crippen LogP contribution >= 0.6 is 35.6 Å². The number of halogens is 2. The van der Waals surface area contributed by atoms with E-state index < -0.39 is 0 Å². The van der Waals surface area contributed by atoms with Crippen molar-refractivity contribution in [3.05, 3.63) is 35.2 Å². The Morgan fingerprint density at radius 1 is 1.31 bits per heavy atom. The van der Waals surface area contributed by atoms with Crippen LogP contribution in [0.3, 0.4) is 0 Å². The van der Waals surface area contributed by atoms with E-state index in [0.717, 1.165) is 30.5 Å². The topological polar surface area (TPSA) is 69.8 Å². The van der Waals surface area contributed by atoms with E-state index in [1.54, 1.807) is 0 Å². The molecule has 0 aliphatic carbocycles. The van der Waals surface area contributed by atoms with Gasteiger partial charge in [-0.1, -0.05) is 28.9 Å². The van der Waals surface area contributed by atoms with Crippen molar-refractivity contribution >= 4 is 41.5 Å². The molecule has 9 heteroatoms. The molecule has 1 N–H and O–H groups in total. The predicted octanol–water partition coefficient (Wildman–Crippen LogP) is 3.50. The second-order valence-electron chi connectivity index (χ2n) is 7.53. The number of aromatic nitrogens is 2. The van der Waals surface area contributed by atoms with E-state index in [2.05, 4.69) is 30.2 Å². The van der Waals surface area contributed by atoms with Gasteiger partial charge in [0.2, 0.25) is 11.7 Å². The normalized spacial score (nSPS) is 20.1. The van der Waals surface area contributed by atoms with Crippen LogP contribution in [0.1, 0.15) is 25.2 Å². The van der Waals surface area contributed by atoms with Crippen LogP contribution in [-0.2, 0) is 6.54 Å².